The molecule has 0 spiro atoms. The highest BCUT2D eigenvalue weighted by atomic mass is 19.1. The highest BCUT2D eigenvalue weighted by molar-refractivity contribution is 5.66. The Morgan fingerprint density at radius 2 is 2.07 bits per heavy atom. The molecule has 2 rings (SSSR count). The predicted molar refractivity (Wildman–Crippen MR) is 102 cm³/mol. The van der Waals surface area contributed by atoms with E-state index in [1.165, 1.54) is 24.3 Å². The van der Waals surface area contributed by atoms with Crippen LogP contribution in [0.25, 0.3) is 0 Å². The molecule has 3 N–H and O–H groups in total. The van der Waals surface area contributed by atoms with E-state index in [0.29, 0.717) is 25.0 Å². The number of aliphatic hydroxyl groups excluding tert-OH is 2. The molecule has 1 fully saturated rings. The van der Waals surface area contributed by atoms with Crippen LogP contribution in [0.3, 0.4) is 0 Å². The van der Waals surface area contributed by atoms with E-state index in [1.807, 2.05) is 12.2 Å². The number of aliphatic hydroxyl groups is 2. The van der Waals surface area contributed by atoms with Crippen molar-refractivity contribution in [1.82, 2.24) is 0 Å². The molecule has 0 radical (unpaired) electrons. The Morgan fingerprint density at radius 1 is 1.32 bits per heavy atom. The number of aliphatic carboxylic acids is 1. The first kappa shape index (κ1) is 22.1. The Hall–Kier alpha value is -2.22. The Bertz CT molecular complexity index is 657. The van der Waals surface area contributed by atoms with Crippen molar-refractivity contribution >= 4 is 5.97 Å². The van der Waals surface area contributed by atoms with Crippen molar-refractivity contribution in [2.75, 3.05) is 13.2 Å². The van der Waals surface area contributed by atoms with E-state index in [4.69, 9.17) is 14.6 Å². The van der Waals surface area contributed by atoms with Crippen molar-refractivity contribution in [3.05, 3.63) is 54.4 Å². The molecule has 7 heteroatoms. The summed E-state index contributed by atoms with van der Waals surface area (Å²) in [4.78, 5) is 10.5. The van der Waals surface area contributed by atoms with Gasteiger partial charge in [0, 0.05) is 12.3 Å². The number of ether oxygens (including phenoxy) is 2. The second kappa shape index (κ2) is 11.6. The van der Waals surface area contributed by atoms with Gasteiger partial charge in [-0.2, -0.15) is 0 Å². The maximum Gasteiger partial charge on any atom is 0.303 e. The fraction of sp³-hybridized carbons (Fsp3) is 0.476. The third-order valence-electron chi connectivity index (χ3n) is 4.47. The number of carboxylic acid groups (broad SMARTS) is 1. The van der Waals surface area contributed by atoms with E-state index in [2.05, 4.69) is 0 Å². The molecular weight excluding hydrogens is 367 g/mol. The van der Waals surface area contributed by atoms with Crippen molar-refractivity contribution in [2.45, 2.75) is 44.0 Å². The summed E-state index contributed by atoms with van der Waals surface area (Å²) >= 11 is 0. The number of rotatable bonds is 11. The zero-order chi connectivity index (χ0) is 20.4. The highest BCUT2D eigenvalue weighted by Crippen LogP contribution is 2.26. The maximum atomic E-state index is 12.9. The number of allylic oxidation sites excluding steroid dienone is 2. The van der Waals surface area contributed by atoms with Crippen LogP contribution in [0.5, 0.6) is 5.75 Å². The lowest BCUT2D eigenvalue weighted by molar-refractivity contribution is -0.137. The van der Waals surface area contributed by atoms with Gasteiger partial charge in [-0.15, -0.1) is 0 Å². The van der Waals surface area contributed by atoms with Gasteiger partial charge in [0.15, 0.2) is 0 Å². The van der Waals surface area contributed by atoms with Crippen LogP contribution in [-0.4, -0.2) is 52.8 Å². The van der Waals surface area contributed by atoms with Crippen LogP contribution < -0.4 is 4.74 Å². The Morgan fingerprint density at radius 3 is 2.79 bits per heavy atom. The summed E-state index contributed by atoms with van der Waals surface area (Å²) in [6.07, 6.45) is 7.36. The number of hydrogen-bond donors (Lipinski definition) is 3. The number of hydrogen-bond acceptors (Lipinski definition) is 5. The lowest BCUT2D eigenvalue weighted by Crippen LogP contribution is -2.23. The van der Waals surface area contributed by atoms with Gasteiger partial charge in [0.05, 0.1) is 18.8 Å². The molecule has 0 saturated carbocycles. The summed E-state index contributed by atoms with van der Waals surface area (Å²) in [7, 11) is 0. The zero-order valence-corrected chi connectivity index (χ0v) is 15.6. The predicted octanol–water partition coefficient (Wildman–Crippen LogP) is 2.70. The molecule has 1 aliphatic rings. The van der Waals surface area contributed by atoms with E-state index in [-0.39, 0.29) is 37.5 Å². The molecule has 1 aliphatic heterocycles. The first-order valence-electron chi connectivity index (χ1n) is 9.37. The quantitative estimate of drug-likeness (QED) is 0.395. The summed E-state index contributed by atoms with van der Waals surface area (Å²) in [5.74, 6) is -0.823. The van der Waals surface area contributed by atoms with E-state index >= 15 is 0 Å². The van der Waals surface area contributed by atoms with Crippen LogP contribution in [0.2, 0.25) is 0 Å². The average Bonchev–Trinajstić information content (AvgIpc) is 3.02. The number of halogens is 1. The Labute approximate surface area is 163 Å². The summed E-state index contributed by atoms with van der Waals surface area (Å²) in [6.45, 7) is 0.250. The fourth-order valence-electron chi connectivity index (χ4n) is 2.91. The van der Waals surface area contributed by atoms with Gasteiger partial charge in [-0.05, 0) is 43.5 Å². The van der Waals surface area contributed by atoms with Gasteiger partial charge < -0.3 is 24.8 Å². The van der Waals surface area contributed by atoms with Gasteiger partial charge in [0.1, 0.15) is 24.3 Å². The SMILES string of the molecule is O=C(O)CCCC=CC[C@H]1[C@@H](O)CO[C@@H]1C=C[C@H](O)COc1ccc(F)cc1. The molecule has 4 atom stereocenters. The standard InChI is InChI=1S/C21H27FO6/c22-15-7-10-17(11-8-15)27-13-16(23)9-12-20-18(19(24)14-28-20)5-3-1-2-4-6-21(25)26/h1,3,7-12,16,18-20,23-24H,2,4-6,13-14H2,(H,25,26)/t16-,18-,19-,20+/m0/s1. The van der Waals surface area contributed by atoms with E-state index < -0.39 is 18.2 Å². The summed E-state index contributed by atoms with van der Waals surface area (Å²) in [5, 5.41) is 28.7. The van der Waals surface area contributed by atoms with Crippen LogP contribution in [0.1, 0.15) is 25.7 Å². The van der Waals surface area contributed by atoms with Crippen molar-refractivity contribution in [2.24, 2.45) is 5.92 Å². The molecule has 1 aromatic carbocycles. The first-order valence-corrected chi connectivity index (χ1v) is 9.37. The molecule has 6 nitrogen and oxygen atoms in total. The first-order chi connectivity index (χ1) is 13.5. The lowest BCUT2D eigenvalue weighted by Gasteiger charge is -2.16. The topological polar surface area (TPSA) is 96.2 Å². The lowest BCUT2D eigenvalue weighted by atomic mass is 9.94. The molecule has 28 heavy (non-hydrogen) atoms. The Balaban J connectivity index is 1.75. The van der Waals surface area contributed by atoms with Crippen molar-refractivity contribution in [1.29, 1.82) is 0 Å². The van der Waals surface area contributed by atoms with Crippen LogP contribution in [0, 0.1) is 11.7 Å². The van der Waals surface area contributed by atoms with Gasteiger partial charge in [0.25, 0.3) is 0 Å². The van der Waals surface area contributed by atoms with Crippen LogP contribution in [-0.2, 0) is 9.53 Å². The van der Waals surface area contributed by atoms with Gasteiger partial charge >= 0.3 is 5.97 Å². The monoisotopic (exact) mass is 394 g/mol. The summed E-state index contributed by atoms with van der Waals surface area (Å²) in [5.41, 5.74) is 0. The van der Waals surface area contributed by atoms with Gasteiger partial charge in [0.2, 0.25) is 0 Å². The molecule has 0 amide bonds. The van der Waals surface area contributed by atoms with Gasteiger partial charge in [-0.1, -0.05) is 24.3 Å². The molecule has 0 aromatic heterocycles. The highest BCUT2D eigenvalue weighted by Gasteiger charge is 2.33. The molecule has 154 valence electrons. The van der Waals surface area contributed by atoms with E-state index in [1.54, 1.807) is 12.2 Å². The van der Waals surface area contributed by atoms with Gasteiger partial charge in [-0.25, -0.2) is 4.39 Å². The number of carboxylic acids is 1. The van der Waals surface area contributed by atoms with Crippen molar-refractivity contribution < 1.29 is 34.0 Å². The normalized spacial score (nSPS) is 23.5. The third-order valence-corrected chi connectivity index (χ3v) is 4.47. The smallest absolute Gasteiger partial charge is 0.303 e. The molecule has 1 heterocycles. The van der Waals surface area contributed by atoms with E-state index in [9.17, 15) is 19.4 Å². The van der Waals surface area contributed by atoms with Crippen LogP contribution >= 0.6 is 0 Å². The van der Waals surface area contributed by atoms with Crippen LogP contribution in [0.15, 0.2) is 48.6 Å². The Kier molecular flexibility index (Phi) is 9.13. The average molecular weight is 394 g/mol. The third kappa shape index (κ3) is 7.80. The maximum absolute atomic E-state index is 12.9. The minimum atomic E-state index is -0.862. The number of unbranched alkanes of at least 4 members (excludes halogenated alkanes) is 1. The fourth-order valence-corrected chi connectivity index (χ4v) is 2.91. The van der Waals surface area contributed by atoms with Crippen molar-refractivity contribution in [3.8, 4) is 5.75 Å². The zero-order valence-electron chi connectivity index (χ0n) is 15.6. The summed E-state index contributed by atoms with van der Waals surface area (Å²) < 4.78 is 23.8. The molecule has 1 saturated heterocycles. The molecule has 1 aromatic rings. The number of benzene rings is 1. The second-order valence-electron chi connectivity index (χ2n) is 6.74. The second-order valence-corrected chi connectivity index (χ2v) is 6.74. The number of carbonyl (C=O) groups is 1. The van der Waals surface area contributed by atoms with Gasteiger partial charge in [-0.3, -0.25) is 4.79 Å². The summed E-state index contributed by atoms with van der Waals surface area (Å²) in [6, 6.07) is 5.54. The van der Waals surface area contributed by atoms with E-state index in [0.717, 1.165) is 0 Å². The largest absolute Gasteiger partial charge is 0.491 e. The van der Waals surface area contributed by atoms with Crippen molar-refractivity contribution in [3.63, 3.8) is 0 Å². The molecule has 0 aliphatic carbocycles. The van der Waals surface area contributed by atoms with Crippen LogP contribution in [0.4, 0.5) is 4.39 Å². The molecular formula is C21H27FO6. The minimum Gasteiger partial charge on any atom is -0.491 e. The minimum absolute atomic E-state index is 0.0194. The molecule has 0 unspecified atom stereocenters. The molecule has 0 bridgehead atoms.